The van der Waals surface area contributed by atoms with E-state index < -0.39 is 0 Å². The van der Waals surface area contributed by atoms with Crippen LogP contribution in [0.5, 0.6) is 0 Å². The van der Waals surface area contributed by atoms with Gasteiger partial charge in [-0.25, -0.2) is 9.97 Å². The number of aromatic nitrogens is 5. The number of aliphatic hydroxyl groups excluding tert-OH is 1. The second kappa shape index (κ2) is 6.16. The molecule has 7 nitrogen and oxygen atoms in total. The number of hydrogen-bond donors (Lipinski definition) is 3. The second-order valence-electron chi connectivity index (χ2n) is 6.40. The number of anilines is 1. The van der Waals surface area contributed by atoms with Crippen molar-refractivity contribution < 1.29 is 5.11 Å². The van der Waals surface area contributed by atoms with Crippen LogP contribution in [0.4, 0.5) is 5.82 Å². The lowest BCUT2D eigenvalue weighted by Crippen LogP contribution is -2.22. The number of rotatable bonds is 4. The van der Waals surface area contributed by atoms with Gasteiger partial charge in [-0.1, -0.05) is 12.1 Å². The molecule has 3 atom stereocenters. The third kappa shape index (κ3) is 2.94. The summed E-state index contributed by atoms with van der Waals surface area (Å²) in [6, 6.07) is 7.78. The van der Waals surface area contributed by atoms with Crippen LogP contribution in [0.2, 0.25) is 0 Å². The summed E-state index contributed by atoms with van der Waals surface area (Å²) in [6.45, 7) is 2.55. The first-order valence-corrected chi connectivity index (χ1v) is 8.21. The Labute approximate surface area is 139 Å². The van der Waals surface area contributed by atoms with Gasteiger partial charge in [0.05, 0.1) is 23.3 Å². The topological polar surface area (TPSA) is 99.6 Å². The van der Waals surface area contributed by atoms with Gasteiger partial charge in [0.2, 0.25) is 0 Å². The van der Waals surface area contributed by atoms with Gasteiger partial charge in [0, 0.05) is 18.4 Å². The minimum atomic E-state index is -0.352. The zero-order valence-corrected chi connectivity index (χ0v) is 13.5. The predicted molar refractivity (Wildman–Crippen MR) is 90.6 cm³/mol. The van der Waals surface area contributed by atoms with E-state index in [0.717, 1.165) is 34.9 Å². The first kappa shape index (κ1) is 15.0. The van der Waals surface area contributed by atoms with E-state index in [4.69, 9.17) is 0 Å². The van der Waals surface area contributed by atoms with Gasteiger partial charge in [-0.2, -0.15) is 5.10 Å². The number of aromatic amines is 1. The van der Waals surface area contributed by atoms with Crippen molar-refractivity contribution in [2.75, 3.05) is 11.9 Å². The van der Waals surface area contributed by atoms with Crippen LogP contribution in [0.25, 0.3) is 11.0 Å². The molecular weight excluding hydrogens is 304 g/mol. The Morgan fingerprint density at radius 1 is 1.21 bits per heavy atom. The average Bonchev–Trinajstić information content (AvgIpc) is 3.18. The molecule has 3 N–H and O–H groups in total. The molecule has 124 valence electrons. The number of aliphatic hydroxyl groups is 1. The number of nitrogens with one attached hydrogen (secondary N) is 2. The molecular formula is C17H20N6O. The quantitative estimate of drug-likeness (QED) is 0.679. The number of nitrogens with zero attached hydrogens (tertiary/aromatic N) is 4. The van der Waals surface area contributed by atoms with Gasteiger partial charge >= 0.3 is 0 Å². The van der Waals surface area contributed by atoms with Crippen molar-refractivity contribution in [1.29, 1.82) is 0 Å². The summed E-state index contributed by atoms with van der Waals surface area (Å²) in [5, 5.41) is 20.7. The highest BCUT2D eigenvalue weighted by molar-refractivity contribution is 5.75. The van der Waals surface area contributed by atoms with Crippen molar-refractivity contribution in [3.63, 3.8) is 0 Å². The zero-order valence-electron chi connectivity index (χ0n) is 13.5. The molecule has 0 saturated heterocycles. The Bertz CT molecular complexity index is 848. The molecule has 1 aliphatic carbocycles. The molecule has 1 aromatic carbocycles. The number of fused-ring (bicyclic) bond motifs is 1. The Balaban J connectivity index is 1.41. The molecule has 2 heterocycles. The van der Waals surface area contributed by atoms with E-state index in [1.54, 1.807) is 6.20 Å². The smallest absolute Gasteiger partial charge is 0.153 e. The molecule has 0 amide bonds. The fraction of sp³-hybridized carbons (Fsp3) is 0.412. The lowest BCUT2D eigenvalue weighted by atomic mass is 10.0. The summed E-state index contributed by atoms with van der Waals surface area (Å²) in [5.41, 5.74) is 1.74. The Hall–Kier alpha value is -2.54. The number of hydrogen-bond acceptors (Lipinski definition) is 6. The van der Waals surface area contributed by atoms with E-state index in [1.807, 2.05) is 31.2 Å². The van der Waals surface area contributed by atoms with Crippen LogP contribution in [-0.4, -0.2) is 42.9 Å². The molecule has 0 radical (unpaired) electrons. The molecule has 0 bridgehead atoms. The van der Waals surface area contributed by atoms with E-state index in [1.165, 1.54) is 0 Å². The lowest BCUT2D eigenvalue weighted by Gasteiger charge is -2.15. The molecule has 7 heteroatoms. The number of para-hydroxylation sites is 2. The molecule has 1 aliphatic rings. The minimum Gasteiger partial charge on any atom is -0.393 e. The predicted octanol–water partition coefficient (Wildman–Crippen LogP) is 2.02. The molecule has 2 aromatic heterocycles. The third-order valence-corrected chi connectivity index (χ3v) is 4.63. The lowest BCUT2D eigenvalue weighted by molar-refractivity contribution is 0.137. The van der Waals surface area contributed by atoms with Crippen molar-refractivity contribution in [1.82, 2.24) is 25.1 Å². The maximum absolute atomic E-state index is 10.3. The van der Waals surface area contributed by atoms with Crippen molar-refractivity contribution in [3.05, 3.63) is 42.1 Å². The summed E-state index contributed by atoms with van der Waals surface area (Å²) < 4.78 is 0. The summed E-state index contributed by atoms with van der Waals surface area (Å²) in [7, 11) is 0. The summed E-state index contributed by atoms with van der Waals surface area (Å²) in [5.74, 6) is 2.71. The second-order valence-corrected chi connectivity index (χ2v) is 6.40. The number of benzene rings is 1. The van der Waals surface area contributed by atoms with E-state index in [-0.39, 0.29) is 17.9 Å². The van der Waals surface area contributed by atoms with Crippen LogP contribution in [0.3, 0.4) is 0 Å². The summed E-state index contributed by atoms with van der Waals surface area (Å²) in [4.78, 5) is 13.3. The molecule has 1 fully saturated rings. The Morgan fingerprint density at radius 2 is 2.04 bits per heavy atom. The van der Waals surface area contributed by atoms with E-state index >= 15 is 0 Å². The van der Waals surface area contributed by atoms with Crippen LogP contribution >= 0.6 is 0 Å². The first-order chi connectivity index (χ1) is 11.7. The molecule has 1 saturated carbocycles. The van der Waals surface area contributed by atoms with Crippen LogP contribution in [0.1, 0.15) is 30.4 Å². The standard InChI is InChI=1S/C17H20N6O/c1-10-20-17(23-22-10)11-6-12(15(24)7-11)8-19-16-9-18-13-4-2-3-5-14(13)21-16/h2-5,9,11-12,15,24H,6-8H2,1H3,(H,19,21)(H,20,22,23)/t11?,12-,15-/m1/s1. The SMILES string of the molecule is Cc1nc(C2C[C@H](CNc3cnc4ccccc4n3)[C@H](O)C2)n[nH]1. The van der Waals surface area contributed by atoms with Gasteiger partial charge in [0.25, 0.3) is 0 Å². The van der Waals surface area contributed by atoms with Gasteiger partial charge in [-0.15, -0.1) is 0 Å². The fourth-order valence-electron chi connectivity index (χ4n) is 3.35. The maximum atomic E-state index is 10.3. The van der Waals surface area contributed by atoms with Gasteiger partial charge in [0.15, 0.2) is 5.82 Å². The summed E-state index contributed by atoms with van der Waals surface area (Å²) >= 11 is 0. The van der Waals surface area contributed by atoms with Gasteiger partial charge in [0.1, 0.15) is 11.6 Å². The third-order valence-electron chi connectivity index (χ3n) is 4.63. The molecule has 1 unspecified atom stereocenters. The van der Waals surface area contributed by atoms with Crippen molar-refractivity contribution >= 4 is 16.9 Å². The first-order valence-electron chi connectivity index (χ1n) is 8.21. The largest absolute Gasteiger partial charge is 0.393 e. The van der Waals surface area contributed by atoms with Gasteiger partial charge in [-0.3, -0.25) is 10.1 Å². The molecule has 4 rings (SSSR count). The average molecular weight is 324 g/mol. The number of H-pyrrole nitrogens is 1. The van der Waals surface area contributed by atoms with Crippen LogP contribution in [0.15, 0.2) is 30.5 Å². The highest BCUT2D eigenvalue weighted by Gasteiger charge is 2.35. The molecule has 3 aromatic rings. The van der Waals surface area contributed by atoms with E-state index in [2.05, 4.69) is 30.5 Å². The monoisotopic (exact) mass is 324 g/mol. The van der Waals surface area contributed by atoms with E-state index in [9.17, 15) is 5.11 Å². The molecule has 0 aliphatic heterocycles. The normalized spacial score (nSPS) is 23.7. The highest BCUT2D eigenvalue weighted by Crippen LogP contribution is 2.37. The van der Waals surface area contributed by atoms with Gasteiger partial charge in [-0.05, 0) is 31.9 Å². The number of aryl methyl sites for hydroxylation is 1. The minimum absolute atomic E-state index is 0.155. The molecule has 0 spiro atoms. The Morgan fingerprint density at radius 3 is 2.83 bits per heavy atom. The van der Waals surface area contributed by atoms with Crippen molar-refractivity contribution in [3.8, 4) is 0 Å². The van der Waals surface area contributed by atoms with Crippen molar-refractivity contribution in [2.45, 2.75) is 31.8 Å². The maximum Gasteiger partial charge on any atom is 0.153 e. The van der Waals surface area contributed by atoms with E-state index in [0.29, 0.717) is 13.0 Å². The van der Waals surface area contributed by atoms with Crippen LogP contribution < -0.4 is 5.32 Å². The highest BCUT2D eigenvalue weighted by atomic mass is 16.3. The molecule has 24 heavy (non-hydrogen) atoms. The van der Waals surface area contributed by atoms with Crippen LogP contribution in [0, 0.1) is 12.8 Å². The van der Waals surface area contributed by atoms with Crippen molar-refractivity contribution in [2.24, 2.45) is 5.92 Å². The summed E-state index contributed by atoms with van der Waals surface area (Å²) in [6.07, 6.45) is 2.95. The fourth-order valence-corrected chi connectivity index (χ4v) is 3.35. The Kier molecular flexibility index (Phi) is 3.86. The zero-order chi connectivity index (χ0) is 16.5. The van der Waals surface area contributed by atoms with Crippen LogP contribution in [-0.2, 0) is 0 Å². The van der Waals surface area contributed by atoms with Gasteiger partial charge < -0.3 is 10.4 Å².